The fourth-order valence-corrected chi connectivity index (χ4v) is 5.78. The highest BCUT2D eigenvalue weighted by Crippen LogP contribution is 2.65. The maximum atomic E-state index is 6.39. The van der Waals surface area contributed by atoms with Gasteiger partial charge in [-0.25, -0.2) is 0 Å². The fraction of sp³-hybridized carbons (Fsp3) is 1.00. The van der Waals surface area contributed by atoms with Gasteiger partial charge in [0.2, 0.25) is 0 Å². The molecule has 3 unspecified atom stereocenters. The molecule has 2 fully saturated rings. The summed E-state index contributed by atoms with van der Waals surface area (Å²) in [6.07, 6.45) is 3.97. The molecule has 2 N–H and O–H groups in total. The molecule has 2 nitrogen and oxygen atoms in total. The van der Waals surface area contributed by atoms with E-state index in [0.29, 0.717) is 11.0 Å². The van der Waals surface area contributed by atoms with Crippen molar-refractivity contribution in [2.75, 3.05) is 6.54 Å². The van der Waals surface area contributed by atoms with Gasteiger partial charge in [-0.1, -0.05) is 48.5 Å². The maximum Gasteiger partial charge on any atom is 0.0252 e. The minimum Gasteiger partial charge on any atom is -0.327 e. The number of rotatable bonds is 6. The van der Waals surface area contributed by atoms with Gasteiger partial charge in [-0.15, -0.1) is 0 Å². The number of hydrogen-bond donors (Lipinski definition) is 1. The zero-order valence-electron chi connectivity index (χ0n) is 18.4. The van der Waals surface area contributed by atoms with Gasteiger partial charge in [0.1, 0.15) is 0 Å². The van der Waals surface area contributed by atoms with Crippen molar-refractivity contribution < 1.29 is 0 Å². The minimum atomic E-state index is 0.0937. The number of nitrogens with zero attached hydrogens (tertiary/aromatic N) is 1. The first-order valence-corrected chi connectivity index (χ1v) is 9.98. The third-order valence-electron chi connectivity index (χ3n) is 9.61. The second-order valence-corrected chi connectivity index (χ2v) is 11.9. The summed E-state index contributed by atoms with van der Waals surface area (Å²) in [5.74, 6) is 0. The summed E-state index contributed by atoms with van der Waals surface area (Å²) in [6.45, 7) is 27.8. The monoisotopic (exact) mass is 336 g/mol. The molecule has 2 aliphatic rings. The van der Waals surface area contributed by atoms with Crippen LogP contribution in [0.3, 0.4) is 0 Å². The SMILES string of the molecule is CC(N)C(C)(C)C(C)(C)C(C)(C)CC(C)(C)N1CC2(C)CCC12C. The number of fused-ring (bicyclic) bond motifs is 1. The zero-order chi connectivity index (χ0) is 19.0. The topological polar surface area (TPSA) is 29.3 Å². The van der Waals surface area contributed by atoms with Crippen LogP contribution in [0.1, 0.15) is 95.4 Å². The van der Waals surface area contributed by atoms with Crippen molar-refractivity contribution in [3.05, 3.63) is 0 Å². The lowest BCUT2D eigenvalue weighted by Gasteiger charge is -2.76. The third-order valence-corrected chi connectivity index (χ3v) is 9.61. The highest BCUT2D eigenvalue weighted by Gasteiger charge is 2.68. The van der Waals surface area contributed by atoms with Crippen LogP contribution in [0.4, 0.5) is 0 Å². The molecule has 0 aromatic heterocycles. The van der Waals surface area contributed by atoms with Gasteiger partial charge < -0.3 is 5.73 Å². The molecule has 0 aromatic rings. The van der Waals surface area contributed by atoms with E-state index in [2.05, 4.69) is 81.1 Å². The first kappa shape index (κ1) is 20.2. The van der Waals surface area contributed by atoms with Gasteiger partial charge in [-0.05, 0) is 68.6 Å². The smallest absolute Gasteiger partial charge is 0.0252 e. The Balaban J connectivity index is 2.22. The van der Waals surface area contributed by atoms with Crippen LogP contribution in [0, 0.1) is 21.7 Å². The molecule has 0 spiro atoms. The van der Waals surface area contributed by atoms with Crippen LogP contribution in [-0.4, -0.2) is 28.6 Å². The van der Waals surface area contributed by atoms with Crippen molar-refractivity contribution >= 4 is 0 Å². The lowest BCUT2D eigenvalue weighted by molar-refractivity contribution is -0.257. The van der Waals surface area contributed by atoms with E-state index in [9.17, 15) is 0 Å². The van der Waals surface area contributed by atoms with E-state index < -0.39 is 0 Å². The molecule has 1 heterocycles. The number of hydrogen-bond acceptors (Lipinski definition) is 2. The van der Waals surface area contributed by atoms with Crippen molar-refractivity contribution in [1.29, 1.82) is 0 Å². The van der Waals surface area contributed by atoms with Crippen LogP contribution in [0.5, 0.6) is 0 Å². The van der Waals surface area contributed by atoms with E-state index >= 15 is 0 Å². The molecule has 1 aliphatic carbocycles. The van der Waals surface area contributed by atoms with Crippen LogP contribution in [0.15, 0.2) is 0 Å². The molecule has 0 bridgehead atoms. The standard InChI is InChI=1S/C22H44N2/c1-16(23)19(6,7)20(8,9)17(2,3)14-18(4,5)24-15-21(10)12-13-22(21,24)11/h16H,12-15,23H2,1-11H3. The molecule has 1 aliphatic heterocycles. The number of piperidine rings is 1. The quantitative estimate of drug-likeness (QED) is 0.698. The first-order chi connectivity index (χ1) is 10.4. The lowest BCUT2D eigenvalue weighted by atomic mass is 9.46. The highest BCUT2D eigenvalue weighted by atomic mass is 15.4. The van der Waals surface area contributed by atoms with E-state index in [1.54, 1.807) is 0 Å². The molecule has 1 saturated carbocycles. The molecule has 1 saturated heterocycles. The average Bonchev–Trinajstić information content (AvgIpc) is 2.40. The van der Waals surface area contributed by atoms with Crippen molar-refractivity contribution in [1.82, 2.24) is 4.90 Å². The predicted molar refractivity (Wildman–Crippen MR) is 106 cm³/mol. The van der Waals surface area contributed by atoms with Crippen molar-refractivity contribution in [2.24, 2.45) is 27.4 Å². The van der Waals surface area contributed by atoms with Gasteiger partial charge in [0.05, 0.1) is 0 Å². The molecule has 0 aromatic carbocycles. The summed E-state index contributed by atoms with van der Waals surface area (Å²) in [6, 6.07) is 0.186. The van der Waals surface area contributed by atoms with Crippen LogP contribution >= 0.6 is 0 Å². The van der Waals surface area contributed by atoms with Crippen molar-refractivity contribution in [3.63, 3.8) is 0 Å². The van der Waals surface area contributed by atoms with Gasteiger partial charge in [-0.3, -0.25) is 4.90 Å². The van der Waals surface area contributed by atoms with E-state index in [0.717, 1.165) is 0 Å². The van der Waals surface area contributed by atoms with E-state index in [1.807, 2.05) is 0 Å². The van der Waals surface area contributed by atoms with Gasteiger partial charge >= 0.3 is 0 Å². The van der Waals surface area contributed by atoms with Crippen molar-refractivity contribution in [2.45, 2.75) is 113 Å². The largest absolute Gasteiger partial charge is 0.327 e. The van der Waals surface area contributed by atoms with Crippen LogP contribution in [-0.2, 0) is 0 Å². The summed E-state index contributed by atoms with van der Waals surface area (Å²) < 4.78 is 0. The molecule has 2 rings (SSSR count). The fourth-order valence-electron chi connectivity index (χ4n) is 5.78. The van der Waals surface area contributed by atoms with E-state index in [-0.39, 0.29) is 27.8 Å². The maximum absolute atomic E-state index is 6.39. The average molecular weight is 337 g/mol. The Morgan fingerprint density at radius 1 is 0.958 bits per heavy atom. The number of nitrogens with two attached hydrogens (primary N) is 1. The number of likely N-dealkylation sites (tertiary alicyclic amines) is 1. The van der Waals surface area contributed by atoms with Gasteiger partial charge in [0, 0.05) is 23.7 Å². The van der Waals surface area contributed by atoms with Gasteiger partial charge in [-0.2, -0.15) is 0 Å². The molecule has 3 atom stereocenters. The molecule has 24 heavy (non-hydrogen) atoms. The Labute approximate surface area is 151 Å². The Morgan fingerprint density at radius 3 is 1.75 bits per heavy atom. The molecule has 2 heteroatoms. The van der Waals surface area contributed by atoms with Crippen LogP contribution in [0.2, 0.25) is 0 Å². The normalized spacial score (nSPS) is 33.5. The highest BCUT2D eigenvalue weighted by molar-refractivity contribution is 5.22. The summed E-state index contributed by atoms with van der Waals surface area (Å²) in [5, 5.41) is 0. The second kappa shape index (κ2) is 5.22. The Kier molecular flexibility index (Phi) is 4.40. The Morgan fingerprint density at radius 2 is 1.46 bits per heavy atom. The molecule has 142 valence electrons. The third kappa shape index (κ3) is 2.42. The molecule has 0 radical (unpaired) electrons. The summed E-state index contributed by atoms with van der Waals surface area (Å²) in [4.78, 5) is 2.81. The summed E-state index contributed by atoms with van der Waals surface area (Å²) in [7, 11) is 0. The molecular weight excluding hydrogens is 292 g/mol. The molecule has 0 amide bonds. The summed E-state index contributed by atoms with van der Waals surface area (Å²) in [5.41, 5.74) is 8.06. The minimum absolute atomic E-state index is 0.0937. The zero-order valence-corrected chi connectivity index (χ0v) is 18.4. The second-order valence-electron chi connectivity index (χ2n) is 11.9. The van der Waals surface area contributed by atoms with Crippen LogP contribution in [0.25, 0.3) is 0 Å². The predicted octanol–water partition coefficient (Wildman–Crippen LogP) is 5.46. The summed E-state index contributed by atoms with van der Waals surface area (Å²) >= 11 is 0. The van der Waals surface area contributed by atoms with Gasteiger partial charge in [0.25, 0.3) is 0 Å². The Bertz CT molecular complexity index is 500. The van der Waals surface area contributed by atoms with Gasteiger partial charge in [0.15, 0.2) is 0 Å². The first-order valence-electron chi connectivity index (χ1n) is 9.98. The van der Waals surface area contributed by atoms with Crippen molar-refractivity contribution in [3.8, 4) is 0 Å². The molecular formula is C22H44N2. The van der Waals surface area contributed by atoms with Crippen LogP contribution < -0.4 is 5.73 Å². The Hall–Kier alpha value is -0.0800. The lowest BCUT2D eigenvalue weighted by Crippen LogP contribution is -2.82. The van der Waals surface area contributed by atoms with E-state index in [4.69, 9.17) is 5.73 Å². The van der Waals surface area contributed by atoms with E-state index in [1.165, 1.54) is 25.8 Å².